The third-order valence-electron chi connectivity index (χ3n) is 12.9. The number of rotatable bonds is 15. The van der Waals surface area contributed by atoms with Crippen LogP contribution in [0.5, 0.6) is 0 Å². The van der Waals surface area contributed by atoms with E-state index in [9.17, 15) is 36.0 Å². The largest absolute Gasteiger partial charge is 0.478 e. The second kappa shape index (κ2) is 27.3. The van der Waals surface area contributed by atoms with Crippen LogP contribution in [0.15, 0.2) is 58.8 Å². The Labute approximate surface area is 499 Å². The summed E-state index contributed by atoms with van der Waals surface area (Å²) < 4.78 is 61.6. The van der Waals surface area contributed by atoms with Gasteiger partial charge in [-0.1, -0.05) is 76.9 Å². The first-order valence-corrected chi connectivity index (χ1v) is 31.0. The van der Waals surface area contributed by atoms with Crippen molar-refractivity contribution in [2.45, 2.75) is 192 Å². The Morgan fingerprint density at radius 1 is 0.639 bits per heavy atom. The lowest BCUT2D eigenvalue weighted by molar-refractivity contribution is 0.0118. The highest BCUT2D eigenvalue weighted by Gasteiger charge is 2.44. The zero-order chi connectivity index (χ0) is 62.9. The number of hydrogen-bond donors (Lipinski definition) is 5. The van der Waals surface area contributed by atoms with Crippen molar-refractivity contribution in [1.82, 2.24) is 44.4 Å². The number of likely N-dealkylation sites (tertiary alicyclic amines) is 2. The molecule has 3 amide bonds. The van der Waals surface area contributed by atoms with E-state index in [-0.39, 0.29) is 60.2 Å². The van der Waals surface area contributed by atoms with Gasteiger partial charge in [-0.2, -0.15) is 8.42 Å². The summed E-state index contributed by atoms with van der Waals surface area (Å²) in [7, 11) is -8.09. The number of nitrogens with one attached hydrogen (secondary N) is 3. The molecule has 83 heavy (non-hydrogen) atoms. The molecule has 0 bridgehead atoms. The van der Waals surface area contributed by atoms with E-state index in [4.69, 9.17) is 42.9 Å². The summed E-state index contributed by atoms with van der Waals surface area (Å²) in [6.07, 6.45) is 7.17. The summed E-state index contributed by atoms with van der Waals surface area (Å²) in [6, 6.07) is 9.17. The van der Waals surface area contributed by atoms with E-state index in [2.05, 4.69) is 54.4 Å². The van der Waals surface area contributed by atoms with Crippen LogP contribution < -0.4 is 20.5 Å². The van der Waals surface area contributed by atoms with Crippen molar-refractivity contribution in [3.8, 4) is 0 Å². The monoisotopic (exact) mass is 1230 g/mol. The van der Waals surface area contributed by atoms with Crippen LogP contribution in [0, 0.1) is 11.8 Å². The Kier molecular flexibility index (Phi) is 22.9. The molecule has 2 aliphatic heterocycles. The van der Waals surface area contributed by atoms with Gasteiger partial charge >= 0.3 is 18.2 Å². The van der Waals surface area contributed by atoms with E-state index in [0.717, 1.165) is 38.5 Å². The van der Waals surface area contributed by atoms with Crippen LogP contribution in [0.1, 0.15) is 182 Å². The Balaban J connectivity index is 0.000000302. The fourth-order valence-electron chi connectivity index (χ4n) is 8.96. The minimum absolute atomic E-state index is 0.0163. The molecule has 2 atom stereocenters. The average molecular weight is 1240 g/mol. The lowest BCUT2D eigenvalue weighted by Crippen LogP contribution is -2.45. The third-order valence-corrected chi connectivity index (χ3v) is 15.5. The molecule has 2 fully saturated rings. The number of ether oxygens (including phenoxy) is 2. The van der Waals surface area contributed by atoms with Gasteiger partial charge in [0.1, 0.15) is 50.4 Å². The van der Waals surface area contributed by atoms with Crippen molar-refractivity contribution >= 4 is 78.9 Å². The second-order valence-electron chi connectivity index (χ2n) is 25.9. The first-order valence-electron chi connectivity index (χ1n) is 27.2. The molecule has 0 aromatic carbocycles. The Morgan fingerprint density at radius 2 is 1.02 bits per heavy atom. The summed E-state index contributed by atoms with van der Waals surface area (Å²) in [5.41, 5.74) is -2.43. The summed E-state index contributed by atoms with van der Waals surface area (Å²) in [6.45, 7) is 33.4. The first-order chi connectivity index (χ1) is 37.9. The van der Waals surface area contributed by atoms with Gasteiger partial charge in [-0.25, -0.2) is 62.6 Å². The topological polar surface area (TPSA) is 321 Å². The van der Waals surface area contributed by atoms with Crippen LogP contribution in [0.2, 0.25) is 10.3 Å². The highest BCUT2D eigenvalue weighted by atomic mass is 35.5. The lowest BCUT2D eigenvalue weighted by atomic mass is 9.93. The predicted molar refractivity (Wildman–Crippen MR) is 319 cm³/mol. The quantitative estimate of drug-likeness (QED) is 0.0545. The van der Waals surface area contributed by atoms with Crippen LogP contribution in [0.25, 0.3) is 0 Å². The van der Waals surface area contributed by atoms with E-state index in [1.807, 2.05) is 107 Å². The summed E-state index contributed by atoms with van der Waals surface area (Å²) >= 11 is 11.9. The minimum Gasteiger partial charge on any atom is -0.478 e. The number of primary sulfonamides is 1. The SMILES string of the molecule is CC(C)(C)OC(=O)N1C[C@@H](CCCNc2cccc(S(=O)(=O)NC(=O)c3cnc(C(C)(C)C)nc3Cl)n2)CC1(C)C.CC(C)(C)OC(=O)N1C[C@@H](CCCNc2cccc(S(N)(=O)=O)n2)CC1(C)C.CC(C)(C)c1ncc(C(=O)O)c(Cl)n1. The second-order valence-corrected chi connectivity index (χ2v) is 29.7. The molecular formula is C56H84Cl2N12O11S2. The van der Waals surface area contributed by atoms with Crippen molar-refractivity contribution in [2.24, 2.45) is 17.0 Å². The molecule has 6 rings (SSSR count). The fraction of sp³-hybridized carbons (Fsp3) is 0.607. The number of carboxylic acids is 1. The van der Waals surface area contributed by atoms with Gasteiger partial charge in [-0.05, 0) is 144 Å². The number of aromatic carboxylic acids is 1. The molecular weight excluding hydrogens is 1150 g/mol. The van der Waals surface area contributed by atoms with Crippen LogP contribution in [0.4, 0.5) is 21.2 Å². The Hall–Kier alpha value is -6.02. The zero-order valence-corrected chi connectivity index (χ0v) is 53.7. The van der Waals surface area contributed by atoms with Gasteiger partial charge in [0.2, 0.25) is 0 Å². The van der Waals surface area contributed by atoms with Gasteiger partial charge in [-0.15, -0.1) is 0 Å². The number of nitrogens with two attached hydrogens (primary N) is 1. The molecule has 0 spiro atoms. The number of hydrogen-bond acceptors (Lipinski definition) is 18. The molecule has 27 heteroatoms. The van der Waals surface area contributed by atoms with Crippen LogP contribution in [-0.2, 0) is 40.4 Å². The van der Waals surface area contributed by atoms with Crippen LogP contribution in [-0.4, -0.2) is 134 Å². The fourth-order valence-corrected chi connectivity index (χ4v) is 10.8. The van der Waals surface area contributed by atoms with Gasteiger partial charge in [0.05, 0.1) is 5.56 Å². The number of sulfonamides is 2. The molecule has 4 aromatic heterocycles. The molecule has 0 unspecified atom stereocenters. The van der Waals surface area contributed by atoms with Crippen molar-refractivity contribution in [3.63, 3.8) is 0 Å². The number of carboxylic acid groups (broad SMARTS) is 1. The minimum atomic E-state index is -4.28. The highest BCUT2D eigenvalue weighted by Crippen LogP contribution is 2.38. The molecule has 2 saturated heterocycles. The van der Waals surface area contributed by atoms with Crippen molar-refractivity contribution in [3.05, 3.63) is 81.9 Å². The molecule has 0 saturated carbocycles. The number of carbonyl (C=O) groups is 4. The molecule has 0 radical (unpaired) electrons. The average Bonchev–Trinajstić information content (AvgIpc) is 3.91. The van der Waals surface area contributed by atoms with Crippen molar-refractivity contribution < 1.29 is 50.6 Å². The first kappa shape index (κ1) is 69.5. The van der Waals surface area contributed by atoms with Gasteiger partial charge < -0.3 is 35.0 Å². The maximum absolute atomic E-state index is 12.9. The smallest absolute Gasteiger partial charge is 0.410 e. The van der Waals surface area contributed by atoms with E-state index in [1.54, 1.807) is 29.2 Å². The number of anilines is 2. The van der Waals surface area contributed by atoms with E-state index in [0.29, 0.717) is 61.3 Å². The van der Waals surface area contributed by atoms with Gasteiger partial charge in [0, 0.05) is 60.5 Å². The highest BCUT2D eigenvalue weighted by molar-refractivity contribution is 7.90. The Morgan fingerprint density at radius 3 is 1.39 bits per heavy atom. The maximum atomic E-state index is 12.9. The summed E-state index contributed by atoms with van der Waals surface area (Å²) in [5, 5.41) is 19.5. The van der Waals surface area contributed by atoms with Crippen LogP contribution >= 0.6 is 23.2 Å². The lowest BCUT2D eigenvalue weighted by Gasteiger charge is -2.33. The van der Waals surface area contributed by atoms with Gasteiger partial charge in [0.15, 0.2) is 10.1 Å². The number of carbonyl (C=O) groups excluding carboxylic acids is 3. The molecule has 6 N–H and O–H groups in total. The van der Waals surface area contributed by atoms with Crippen molar-refractivity contribution in [2.75, 3.05) is 36.8 Å². The molecule has 0 aliphatic carbocycles. The predicted octanol–water partition coefficient (Wildman–Crippen LogP) is 10.3. The molecule has 6 heterocycles. The zero-order valence-electron chi connectivity index (χ0n) is 50.6. The number of aromatic nitrogens is 6. The number of pyridine rings is 2. The summed E-state index contributed by atoms with van der Waals surface area (Å²) in [5.74, 6) is 0.459. The Bertz CT molecular complexity index is 3180. The van der Waals surface area contributed by atoms with Gasteiger partial charge in [0.25, 0.3) is 26.0 Å². The standard InChI is InChI=1S/C28H41ClN6O5S.C19H32N4O4S.C9H11ClN2O2/c1-26(2,3)24-31-16-19(22(29)33-24)23(36)34-41(38,39)21-13-9-12-20(32-21)30-14-10-11-18-15-28(7,8)35(17-18)25(37)40-27(4,5)6;1-18(2,3)27-17(24)23-13-14(12-19(23,4)5)8-7-11-21-15-9-6-10-16(22-15)28(20,25)26;1-9(2,3)8-11-4-5(7(13)14)6(10)12-8/h9,12-13,16,18H,10-11,14-15,17H2,1-8H3,(H,30,32)(H,34,36);6,9-10,14H,7-8,11-13H2,1-5H3,(H,21,22)(H2,20,25,26);4H,1-3H3,(H,13,14)/t18-;14-;/m00./s1. The van der Waals surface area contributed by atoms with E-state index >= 15 is 0 Å². The third kappa shape index (κ3) is 21.5. The van der Waals surface area contributed by atoms with Crippen LogP contribution in [0.3, 0.4) is 0 Å². The molecule has 4 aromatic rings. The molecule has 460 valence electrons. The van der Waals surface area contributed by atoms with Gasteiger partial charge in [-0.3, -0.25) is 4.79 Å². The maximum Gasteiger partial charge on any atom is 0.410 e. The summed E-state index contributed by atoms with van der Waals surface area (Å²) in [4.78, 5) is 76.4. The van der Waals surface area contributed by atoms with Crippen molar-refractivity contribution in [1.29, 1.82) is 0 Å². The number of halogens is 2. The number of amides is 3. The molecule has 2 aliphatic rings. The molecule has 23 nitrogen and oxygen atoms in total. The number of nitrogens with zero attached hydrogens (tertiary/aromatic N) is 8. The van der Waals surface area contributed by atoms with E-state index < -0.39 is 48.5 Å². The van der Waals surface area contributed by atoms with E-state index in [1.165, 1.54) is 24.5 Å². The normalized spacial score (nSPS) is 17.0.